The van der Waals surface area contributed by atoms with Gasteiger partial charge in [0.1, 0.15) is 22.8 Å². The Morgan fingerprint density at radius 2 is 1.70 bits per heavy atom. The SMILES string of the molecule is C/C(=N\N=C\Cc1ccc(F)cc1)c1nc(N2CCOCC2)c2cccnc2c1O.CC.CC.CCC. The summed E-state index contributed by atoms with van der Waals surface area (Å²) in [5.74, 6) is 0.462. The lowest BCUT2D eigenvalue weighted by Crippen LogP contribution is -2.37. The first-order chi connectivity index (χ1) is 18.0. The molecule has 0 bridgehead atoms. The molecule has 1 N–H and O–H groups in total. The van der Waals surface area contributed by atoms with Crippen LogP contribution in [0.5, 0.6) is 5.75 Å². The zero-order valence-electron chi connectivity index (χ0n) is 23.3. The number of fused-ring (bicyclic) bond motifs is 1. The van der Waals surface area contributed by atoms with E-state index in [9.17, 15) is 9.50 Å². The van der Waals surface area contributed by atoms with Crippen molar-refractivity contribution in [3.05, 3.63) is 59.7 Å². The third kappa shape index (κ3) is 9.53. The van der Waals surface area contributed by atoms with Crippen molar-refractivity contribution in [1.82, 2.24) is 9.97 Å². The second kappa shape index (κ2) is 17.9. The predicted octanol–water partition coefficient (Wildman–Crippen LogP) is 6.82. The molecule has 0 saturated carbocycles. The predicted molar refractivity (Wildman–Crippen MR) is 154 cm³/mol. The number of aromatic nitrogens is 2. The van der Waals surface area contributed by atoms with Crippen LogP contribution in [-0.4, -0.2) is 53.3 Å². The molecule has 0 aliphatic carbocycles. The number of rotatable bonds is 5. The molecule has 4 rings (SSSR count). The number of pyridine rings is 2. The van der Waals surface area contributed by atoms with E-state index in [0.717, 1.165) is 16.8 Å². The van der Waals surface area contributed by atoms with Crippen LogP contribution in [0.3, 0.4) is 0 Å². The Morgan fingerprint density at radius 1 is 1.08 bits per heavy atom. The molecule has 2 aromatic heterocycles. The van der Waals surface area contributed by atoms with E-state index in [1.807, 2.05) is 39.8 Å². The maximum absolute atomic E-state index is 13.0. The van der Waals surface area contributed by atoms with Gasteiger partial charge in [-0.15, -0.1) is 0 Å². The minimum atomic E-state index is -0.271. The van der Waals surface area contributed by atoms with Crippen LogP contribution in [0.25, 0.3) is 10.9 Å². The first-order valence-corrected chi connectivity index (χ1v) is 13.2. The fourth-order valence-corrected chi connectivity index (χ4v) is 3.32. The third-order valence-electron chi connectivity index (χ3n) is 4.90. The summed E-state index contributed by atoms with van der Waals surface area (Å²) in [6, 6.07) is 9.96. The Hall–Kier alpha value is -3.39. The maximum atomic E-state index is 13.0. The molecule has 0 unspecified atom stereocenters. The number of hydrogen-bond acceptors (Lipinski definition) is 7. The summed E-state index contributed by atoms with van der Waals surface area (Å²) in [7, 11) is 0. The van der Waals surface area contributed by atoms with Crippen molar-refractivity contribution in [2.75, 3.05) is 31.2 Å². The van der Waals surface area contributed by atoms with Gasteiger partial charge in [-0.25, -0.2) is 9.37 Å². The summed E-state index contributed by atoms with van der Waals surface area (Å²) in [4.78, 5) is 11.2. The molecule has 7 nitrogen and oxygen atoms in total. The van der Waals surface area contributed by atoms with E-state index in [1.54, 1.807) is 31.5 Å². The molecule has 1 aliphatic heterocycles. The van der Waals surface area contributed by atoms with Crippen LogP contribution in [0.4, 0.5) is 10.2 Å². The Morgan fingerprint density at radius 3 is 2.32 bits per heavy atom. The van der Waals surface area contributed by atoms with Crippen LogP contribution >= 0.6 is 0 Å². The Bertz CT molecular complexity index is 1110. The highest BCUT2D eigenvalue weighted by atomic mass is 19.1. The molecular weight excluding hydrogens is 469 g/mol. The molecule has 0 spiro atoms. The van der Waals surface area contributed by atoms with Gasteiger partial charge in [-0.2, -0.15) is 10.2 Å². The molecule has 1 fully saturated rings. The molecular formula is C29H42FN5O2. The van der Waals surface area contributed by atoms with Crippen molar-refractivity contribution >= 4 is 28.6 Å². The molecule has 202 valence electrons. The number of halogens is 1. The van der Waals surface area contributed by atoms with Gasteiger partial charge in [0.15, 0.2) is 5.75 Å². The fraction of sp³-hybridized carbons (Fsp3) is 0.448. The quantitative estimate of drug-likeness (QED) is 0.300. The first-order valence-electron chi connectivity index (χ1n) is 13.2. The van der Waals surface area contributed by atoms with Gasteiger partial charge < -0.3 is 14.7 Å². The number of benzene rings is 1. The van der Waals surface area contributed by atoms with Crippen molar-refractivity contribution < 1.29 is 14.2 Å². The maximum Gasteiger partial charge on any atom is 0.169 e. The summed E-state index contributed by atoms with van der Waals surface area (Å²) in [5.41, 5.74) is 2.24. The smallest absolute Gasteiger partial charge is 0.169 e. The van der Waals surface area contributed by atoms with Crippen LogP contribution in [0.15, 0.2) is 52.8 Å². The van der Waals surface area contributed by atoms with E-state index in [4.69, 9.17) is 9.72 Å². The van der Waals surface area contributed by atoms with E-state index >= 15 is 0 Å². The molecule has 0 atom stereocenters. The number of nitrogens with zero attached hydrogens (tertiary/aromatic N) is 5. The van der Waals surface area contributed by atoms with E-state index in [1.165, 1.54) is 18.6 Å². The second-order valence-electron chi connectivity index (χ2n) is 7.65. The van der Waals surface area contributed by atoms with Gasteiger partial charge in [-0.1, -0.05) is 60.1 Å². The van der Waals surface area contributed by atoms with Gasteiger partial charge in [-0.05, 0) is 36.8 Å². The normalized spacial score (nSPS) is 13.2. The van der Waals surface area contributed by atoms with Crippen LogP contribution < -0.4 is 4.90 Å². The van der Waals surface area contributed by atoms with E-state index in [0.29, 0.717) is 49.6 Å². The Kier molecular flexibility index (Phi) is 15.3. The summed E-state index contributed by atoms with van der Waals surface area (Å²) in [6.45, 7) is 16.7. The molecule has 3 heterocycles. The summed E-state index contributed by atoms with van der Waals surface area (Å²) in [6.07, 6.45) is 5.05. The molecule has 1 saturated heterocycles. The van der Waals surface area contributed by atoms with Gasteiger partial charge >= 0.3 is 0 Å². The third-order valence-corrected chi connectivity index (χ3v) is 4.90. The average molecular weight is 512 g/mol. The molecule has 37 heavy (non-hydrogen) atoms. The second-order valence-corrected chi connectivity index (χ2v) is 7.65. The highest BCUT2D eigenvalue weighted by Gasteiger charge is 2.21. The molecule has 1 aliphatic rings. The highest BCUT2D eigenvalue weighted by molar-refractivity contribution is 6.06. The number of aromatic hydroxyl groups is 1. The fourth-order valence-electron chi connectivity index (χ4n) is 3.32. The van der Waals surface area contributed by atoms with Gasteiger partial charge in [0.25, 0.3) is 0 Å². The number of hydrogen-bond donors (Lipinski definition) is 1. The van der Waals surface area contributed by atoms with Crippen molar-refractivity contribution in [3.63, 3.8) is 0 Å². The van der Waals surface area contributed by atoms with E-state index in [2.05, 4.69) is 33.9 Å². The lowest BCUT2D eigenvalue weighted by atomic mass is 10.1. The monoisotopic (exact) mass is 511 g/mol. The minimum Gasteiger partial charge on any atom is -0.504 e. The number of morpholine rings is 1. The van der Waals surface area contributed by atoms with Gasteiger partial charge in [0.05, 0.1) is 18.9 Å². The van der Waals surface area contributed by atoms with Gasteiger partial charge in [0.2, 0.25) is 0 Å². The molecule has 3 aromatic rings. The first kappa shape index (κ1) is 31.6. The van der Waals surface area contributed by atoms with Crippen LogP contribution in [0.1, 0.15) is 66.1 Å². The zero-order valence-corrected chi connectivity index (χ0v) is 23.3. The molecule has 0 amide bonds. The van der Waals surface area contributed by atoms with Crippen LogP contribution in [-0.2, 0) is 11.2 Å². The molecule has 8 heteroatoms. The Balaban J connectivity index is 0.000000894. The molecule has 0 radical (unpaired) electrons. The van der Waals surface area contributed by atoms with Crippen LogP contribution in [0.2, 0.25) is 0 Å². The van der Waals surface area contributed by atoms with Crippen LogP contribution in [0, 0.1) is 5.82 Å². The summed E-state index contributed by atoms with van der Waals surface area (Å²) < 4.78 is 18.4. The van der Waals surface area contributed by atoms with Crippen molar-refractivity contribution in [2.24, 2.45) is 10.2 Å². The molecule has 1 aromatic carbocycles. The van der Waals surface area contributed by atoms with Gasteiger partial charge in [0, 0.05) is 37.3 Å². The largest absolute Gasteiger partial charge is 0.504 e. The lowest BCUT2D eigenvalue weighted by molar-refractivity contribution is 0.122. The Labute approximate surface area is 221 Å². The topological polar surface area (TPSA) is 83.2 Å². The van der Waals surface area contributed by atoms with Crippen molar-refractivity contribution in [1.29, 1.82) is 0 Å². The number of anilines is 1. The lowest BCUT2D eigenvalue weighted by Gasteiger charge is -2.29. The highest BCUT2D eigenvalue weighted by Crippen LogP contribution is 2.33. The number of ether oxygens (including phenoxy) is 1. The summed E-state index contributed by atoms with van der Waals surface area (Å²) in [5, 5.41) is 19.8. The average Bonchev–Trinajstić information content (AvgIpc) is 2.95. The van der Waals surface area contributed by atoms with Gasteiger partial charge in [-0.3, -0.25) is 4.98 Å². The standard InChI is InChI=1S/C22H22FN5O2.C3H8.2C2H6/c1-15(27-25-10-8-16-4-6-17(23)7-5-16)19-21(29)20-18(3-2-9-24-20)22(26-19)28-11-13-30-14-12-28;1-3-2;2*1-2/h2-7,9-10,29H,8,11-14H2,1H3;3H2,1-2H3;2*1-2H3/b25-10+,27-15+;;;. The van der Waals surface area contributed by atoms with Crippen molar-refractivity contribution in [2.45, 2.75) is 61.3 Å². The minimum absolute atomic E-state index is 0.0161. The van der Waals surface area contributed by atoms with Crippen molar-refractivity contribution in [3.8, 4) is 5.75 Å². The van der Waals surface area contributed by atoms with E-state index in [-0.39, 0.29) is 11.6 Å². The zero-order chi connectivity index (χ0) is 27.6. The van der Waals surface area contributed by atoms with E-state index < -0.39 is 0 Å². The summed E-state index contributed by atoms with van der Waals surface area (Å²) >= 11 is 0.